The third kappa shape index (κ3) is 4.53. The Bertz CT molecular complexity index is 990. The van der Waals surface area contributed by atoms with Crippen molar-refractivity contribution in [1.29, 1.82) is 0 Å². The summed E-state index contributed by atoms with van der Waals surface area (Å²) in [5.41, 5.74) is 10.1. The van der Waals surface area contributed by atoms with Gasteiger partial charge in [-0.15, -0.1) is 0 Å². The van der Waals surface area contributed by atoms with Crippen molar-refractivity contribution in [3.05, 3.63) is 16.7 Å². The minimum Gasteiger partial charge on any atom is -0.462 e. The van der Waals surface area contributed by atoms with Crippen LogP contribution in [0, 0.1) is 5.92 Å². The van der Waals surface area contributed by atoms with Gasteiger partial charge in [0.15, 0.2) is 11.2 Å². The van der Waals surface area contributed by atoms with E-state index in [0.717, 1.165) is 10.9 Å². The van der Waals surface area contributed by atoms with Crippen LogP contribution in [0.5, 0.6) is 0 Å². The zero-order valence-corrected chi connectivity index (χ0v) is 13.5. The maximum atomic E-state index is 12.0. The van der Waals surface area contributed by atoms with Crippen molar-refractivity contribution in [1.82, 2.24) is 19.5 Å². The lowest BCUT2D eigenvalue weighted by molar-refractivity contribution is -0.153. The number of nitrogens with two attached hydrogens (primary N) is 2. The van der Waals surface area contributed by atoms with Crippen molar-refractivity contribution in [3.63, 3.8) is 0 Å². The SMILES string of the molecule is [2H]C([2H])(O)C([2H])(OCn1cnc2c(=O)[nH]c(N)nc21)C([2H])([2H])OC(=O)C(N)C(C)C. The number of H-pyrrole nitrogens is 1. The normalized spacial score (nSPS) is 19.3. The molecule has 2 atom stereocenters. The number of nitrogens with zero attached hydrogens (tertiary/aromatic N) is 3. The summed E-state index contributed by atoms with van der Waals surface area (Å²) in [6.07, 6.45) is -2.41. The summed E-state index contributed by atoms with van der Waals surface area (Å²) in [6, 6.07) is -1.26. The van der Waals surface area contributed by atoms with E-state index >= 15 is 0 Å². The molecule has 0 aliphatic rings. The van der Waals surface area contributed by atoms with Gasteiger partial charge in [0.05, 0.1) is 19.7 Å². The van der Waals surface area contributed by atoms with Crippen molar-refractivity contribution in [2.24, 2.45) is 11.7 Å². The van der Waals surface area contributed by atoms with E-state index in [9.17, 15) is 14.7 Å². The lowest BCUT2D eigenvalue weighted by Crippen LogP contribution is -2.39. The molecule has 0 aliphatic heterocycles. The average molecular weight is 359 g/mol. The van der Waals surface area contributed by atoms with Gasteiger partial charge >= 0.3 is 5.97 Å². The van der Waals surface area contributed by atoms with Gasteiger partial charge in [0.2, 0.25) is 5.95 Å². The number of imidazole rings is 1. The van der Waals surface area contributed by atoms with E-state index in [1.165, 1.54) is 0 Å². The Morgan fingerprint density at radius 3 is 2.96 bits per heavy atom. The van der Waals surface area contributed by atoms with E-state index in [1.807, 2.05) is 0 Å². The molecule has 0 bridgehead atoms. The first-order valence-electron chi connectivity index (χ1n) is 9.66. The molecule has 6 N–H and O–H groups in total. The molecule has 25 heavy (non-hydrogen) atoms. The number of fused-ring (bicyclic) bond motifs is 1. The van der Waals surface area contributed by atoms with Gasteiger partial charge in [-0.05, 0) is 5.92 Å². The Morgan fingerprint density at radius 1 is 1.60 bits per heavy atom. The van der Waals surface area contributed by atoms with Gasteiger partial charge in [-0.1, -0.05) is 13.8 Å². The largest absolute Gasteiger partial charge is 0.462 e. The number of nitrogen functional groups attached to an aromatic ring is 1. The van der Waals surface area contributed by atoms with Crippen LogP contribution in [0.1, 0.15) is 20.7 Å². The molecule has 11 heteroatoms. The molecule has 11 nitrogen and oxygen atoms in total. The van der Waals surface area contributed by atoms with Crippen molar-refractivity contribution < 1.29 is 26.2 Å². The number of hydrogen-bond acceptors (Lipinski definition) is 9. The van der Waals surface area contributed by atoms with Gasteiger partial charge in [-0.2, -0.15) is 4.98 Å². The van der Waals surface area contributed by atoms with Crippen LogP contribution in [0.2, 0.25) is 0 Å². The van der Waals surface area contributed by atoms with E-state index in [2.05, 4.69) is 19.7 Å². The highest BCUT2D eigenvalue weighted by Gasteiger charge is 2.21. The molecule has 2 rings (SSSR count). The third-order valence-corrected chi connectivity index (χ3v) is 3.18. The summed E-state index contributed by atoms with van der Waals surface area (Å²) < 4.78 is 49.5. The second kappa shape index (κ2) is 8.05. The van der Waals surface area contributed by atoms with E-state index in [0.29, 0.717) is 0 Å². The molecular formula is C14H22N6O5. The molecule has 0 amide bonds. The highest BCUT2D eigenvalue weighted by molar-refractivity contribution is 5.75. The standard InChI is InChI=1S/C14H22N6O5/c1-7(2)9(15)13(23)24-4-8(3-21)25-6-20-5-17-10-11(20)18-14(16)19-12(10)22/h5,7-9,21H,3-4,6,15H2,1-2H3,(H3,16,18,19,22)/i3D2,4D2,8D. The highest BCUT2D eigenvalue weighted by atomic mass is 16.6. The number of anilines is 1. The van der Waals surface area contributed by atoms with Gasteiger partial charge in [0, 0.05) is 0 Å². The number of hydrogen-bond donors (Lipinski definition) is 4. The first-order valence-corrected chi connectivity index (χ1v) is 7.16. The number of esters is 1. The Hall–Kier alpha value is -2.50. The van der Waals surface area contributed by atoms with Crippen LogP contribution in [0.25, 0.3) is 11.2 Å². The van der Waals surface area contributed by atoms with Gasteiger partial charge in [0.1, 0.15) is 25.4 Å². The number of carbonyl (C=O) groups is 1. The molecule has 0 radical (unpaired) electrons. The monoisotopic (exact) mass is 359 g/mol. The average Bonchev–Trinajstić information content (AvgIpc) is 3.00. The number of aromatic amines is 1. The zero-order chi connectivity index (χ0) is 23.1. The summed E-state index contributed by atoms with van der Waals surface area (Å²) in [5, 5.41) is 9.81. The number of nitrogens with one attached hydrogen (secondary N) is 1. The van der Waals surface area contributed by atoms with Gasteiger partial charge in [-0.25, -0.2) is 4.98 Å². The number of ether oxygens (including phenoxy) is 2. The van der Waals surface area contributed by atoms with Crippen LogP contribution in [0.3, 0.4) is 0 Å². The van der Waals surface area contributed by atoms with Crippen molar-refractivity contribution in [2.75, 3.05) is 18.9 Å². The van der Waals surface area contributed by atoms with Crippen LogP contribution >= 0.6 is 0 Å². The zero-order valence-electron chi connectivity index (χ0n) is 18.5. The lowest BCUT2D eigenvalue weighted by Gasteiger charge is -2.19. The van der Waals surface area contributed by atoms with Gasteiger partial charge in [0.25, 0.3) is 5.56 Å². The molecule has 0 saturated heterocycles. The van der Waals surface area contributed by atoms with E-state index in [-0.39, 0.29) is 17.1 Å². The summed E-state index contributed by atoms with van der Waals surface area (Å²) in [7, 11) is 0. The first kappa shape index (κ1) is 12.8. The summed E-state index contributed by atoms with van der Waals surface area (Å²) in [4.78, 5) is 33.7. The van der Waals surface area contributed by atoms with Crippen LogP contribution in [-0.4, -0.2) is 55.8 Å². The minimum atomic E-state index is -3.64. The summed E-state index contributed by atoms with van der Waals surface area (Å²) in [6.45, 7) is -4.78. The van der Waals surface area contributed by atoms with Crippen LogP contribution < -0.4 is 17.0 Å². The Labute approximate surface area is 150 Å². The molecule has 0 spiro atoms. The number of carbonyl (C=O) groups excluding carboxylic acids is 1. The number of aliphatic hydroxyl groups is 1. The molecule has 0 aliphatic carbocycles. The quantitative estimate of drug-likeness (QED) is 0.412. The molecule has 2 unspecified atom stereocenters. The Balaban J connectivity index is 2.36. The first-order chi connectivity index (χ1) is 13.6. The maximum Gasteiger partial charge on any atom is 0.323 e. The molecule has 2 aromatic rings. The predicted octanol–water partition coefficient (Wildman–Crippen LogP) is -1.44. The van der Waals surface area contributed by atoms with Crippen LogP contribution in [-0.2, 0) is 21.0 Å². The fourth-order valence-corrected chi connectivity index (χ4v) is 1.72. The van der Waals surface area contributed by atoms with Crippen LogP contribution in [0.4, 0.5) is 5.95 Å². The molecule has 0 saturated carbocycles. The predicted molar refractivity (Wildman–Crippen MR) is 88.3 cm³/mol. The maximum absolute atomic E-state index is 12.0. The van der Waals surface area contributed by atoms with E-state index < -0.39 is 49.4 Å². The lowest BCUT2D eigenvalue weighted by atomic mass is 10.1. The van der Waals surface area contributed by atoms with Gasteiger partial charge in [-0.3, -0.25) is 19.1 Å². The minimum absolute atomic E-state index is 0.100. The Morgan fingerprint density at radius 2 is 2.32 bits per heavy atom. The van der Waals surface area contributed by atoms with Gasteiger partial charge < -0.3 is 26.0 Å². The second-order valence-electron chi connectivity index (χ2n) is 5.35. The fraction of sp³-hybridized carbons (Fsp3) is 0.571. The fourth-order valence-electron chi connectivity index (χ4n) is 1.72. The van der Waals surface area contributed by atoms with Crippen molar-refractivity contribution in [3.8, 4) is 0 Å². The van der Waals surface area contributed by atoms with E-state index in [4.69, 9.17) is 23.1 Å². The molecular weight excluding hydrogens is 332 g/mol. The summed E-state index contributed by atoms with van der Waals surface area (Å²) in [5.74, 6) is -1.95. The second-order valence-corrected chi connectivity index (χ2v) is 5.35. The number of rotatable bonds is 8. The van der Waals surface area contributed by atoms with E-state index in [1.54, 1.807) is 13.8 Å². The molecule has 0 aromatic carbocycles. The Kier molecular flexibility index (Phi) is 4.12. The molecule has 2 aromatic heterocycles. The summed E-state index contributed by atoms with van der Waals surface area (Å²) >= 11 is 0. The molecule has 2 heterocycles. The smallest absolute Gasteiger partial charge is 0.323 e. The van der Waals surface area contributed by atoms with Crippen LogP contribution in [0.15, 0.2) is 11.1 Å². The van der Waals surface area contributed by atoms with Crippen molar-refractivity contribution >= 4 is 23.1 Å². The molecule has 0 fully saturated rings. The molecule has 138 valence electrons. The topological polar surface area (TPSA) is 171 Å². The third-order valence-electron chi connectivity index (χ3n) is 3.18. The highest BCUT2D eigenvalue weighted by Crippen LogP contribution is 2.08. The van der Waals surface area contributed by atoms with Crippen molar-refractivity contribution in [2.45, 2.75) is 32.7 Å². The number of aromatic nitrogens is 4.